The molecule has 7 heteroatoms. The van der Waals surface area contributed by atoms with Crippen LogP contribution in [-0.2, 0) is 6.54 Å². The van der Waals surface area contributed by atoms with Crippen molar-refractivity contribution in [3.05, 3.63) is 66.2 Å². The van der Waals surface area contributed by atoms with E-state index in [9.17, 15) is 4.79 Å². The Bertz CT molecular complexity index is 860. The number of amides is 1. The second-order valence-electron chi connectivity index (χ2n) is 5.28. The highest BCUT2D eigenvalue weighted by Crippen LogP contribution is 2.35. The molecule has 0 aliphatic carbocycles. The summed E-state index contributed by atoms with van der Waals surface area (Å²) in [6.07, 6.45) is 3.16. The van der Waals surface area contributed by atoms with Crippen LogP contribution in [-0.4, -0.2) is 27.5 Å². The average Bonchev–Trinajstić information content (AvgIpc) is 3.27. The van der Waals surface area contributed by atoms with Crippen LogP contribution in [0.15, 0.2) is 55.1 Å². The number of fused-ring (bicyclic) bond motifs is 1. The molecule has 1 aromatic heterocycles. The third-order valence-electron chi connectivity index (χ3n) is 3.66. The second-order valence-corrected chi connectivity index (χ2v) is 5.28. The van der Waals surface area contributed by atoms with Crippen molar-refractivity contribution < 1.29 is 14.3 Å². The van der Waals surface area contributed by atoms with Gasteiger partial charge in [0.05, 0.1) is 12.1 Å². The summed E-state index contributed by atoms with van der Waals surface area (Å²) in [6.45, 7) is 0.766. The molecule has 0 fully saturated rings. The number of rotatable bonds is 4. The Balaban J connectivity index is 1.47. The number of ether oxygens (including phenoxy) is 2. The van der Waals surface area contributed by atoms with Crippen LogP contribution in [0.25, 0.3) is 0 Å². The topological polar surface area (TPSA) is 78.3 Å². The summed E-state index contributed by atoms with van der Waals surface area (Å²) in [6, 6.07) is 12.8. The number of aromatic nitrogens is 3. The van der Waals surface area contributed by atoms with E-state index < -0.39 is 0 Å². The first-order chi connectivity index (χ1) is 11.8. The fraction of sp³-hybridized carbons (Fsp3) is 0.118. The minimum atomic E-state index is -0.235. The van der Waals surface area contributed by atoms with Gasteiger partial charge in [0.15, 0.2) is 11.5 Å². The van der Waals surface area contributed by atoms with Crippen molar-refractivity contribution in [1.29, 1.82) is 0 Å². The Hall–Kier alpha value is -3.35. The Kier molecular flexibility index (Phi) is 3.59. The molecule has 0 spiro atoms. The number of benzene rings is 2. The normalized spacial score (nSPS) is 12.2. The van der Waals surface area contributed by atoms with Gasteiger partial charge < -0.3 is 14.8 Å². The quantitative estimate of drug-likeness (QED) is 0.797. The van der Waals surface area contributed by atoms with E-state index in [1.807, 2.05) is 24.3 Å². The number of nitrogens with one attached hydrogen (secondary N) is 1. The van der Waals surface area contributed by atoms with E-state index in [0.717, 1.165) is 5.56 Å². The van der Waals surface area contributed by atoms with Gasteiger partial charge in [-0.25, -0.2) is 9.67 Å². The molecule has 1 aliphatic heterocycles. The molecule has 0 radical (unpaired) electrons. The monoisotopic (exact) mass is 322 g/mol. The van der Waals surface area contributed by atoms with Crippen LogP contribution >= 0.6 is 0 Å². The molecule has 0 saturated heterocycles. The molecule has 1 N–H and O–H groups in total. The van der Waals surface area contributed by atoms with Crippen LogP contribution in [0.1, 0.15) is 15.9 Å². The minimum Gasteiger partial charge on any atom is -0.454 e. The molecule has 4 rings (SSSR count). The van der Waals surface area contributed by atoms with E-state index in [2.05, 4.69) is 15.4 Å². The van der Waals surface area contributed by atoms with Gasteiger partial charge in [0, 0.05) is 5.69 Å². The van der Waals surface area contributed by atoms with Crippen molar-refractivity contribution in [2.45, 2.75) is 6.54 Å². The lowest BCUT2D eigenvalue weighted by Crippen LogP contribution is -2.12. The smallest absolute Gasteiger partial charge is 0.259 e. The first-order valence-electron chi connectivity index (χ1n) is 7.41. The van der Waals surface area contributed by atoms with Gasteiger partial charge in [0.2, 0.25) is 6.79 Å². The molecule has 3 aromatic rings. The highest BCUT2D eigenvalue weighted by atomic mass is 16.7. The summed E-state index contributed by atoms with van der Waals surface area (Å²) in [5, 5.41) is 6.93. The molecule has 2 heterocycles. The third-order valence-corrected chi connectivity index (χ3v) is 3.66. The zero-order valence-corrected chi connectivity index (χ0v) is 12.7. The molecule has 2 aromatic carbocycles. The van der Waals surface area contributed by atoms with E-state index in [4.69, 9.17) is 9.47 Å². The number of hydrogen-bond acceptors (Lipinski definition) is 5. The molecular weight excluding hydrogens is 308 g/mol. The number of nitrogens with zero attached hydrogens (tertiary/aromatic N) is 3. The van der Waals surface area contributed by atoms with Crippen molar-refractivity contribution in [2.24, 2.45) is 0 Å². The molecule has 1 amide bonds. The highest BCUT2D eigenvalue weighted by Gasteiger charge is 2.21. The van der Waals surface area contributed by atoms with Crippen molar-refractivity contribution in [2.75, 3.05) is 12.1 Å². The first kappa shape index (κ1) is 14.3. The van der Waals surface area contributed by atoms with Crippen LogP contribution < -0.4 is 14.8 Å². The SMILES string of the molecule is O=C(Nc1ccc(Cn2cncn2)cc1)c1cccc2c1OCO2. The van der Waals surface area contributed by atoms with Gasteiger partial charge in [0.1, 0.15) is 12.7 Å². The summed E-state index contributed by atoms with van der Waals surface area (Å²) < 4.78 is 12.4. The van der Waals surface area contributed by atoms with Crippen molar-refractivity contribution in [3.8, 4) is 11.5 Å². The maximum atomic E-state index is 12.4. The zero-order valence-electron chi connectivity index (χ0n) is 12.7. The minimum absolute atomic E-state index is 0.136. The Labute approximate surface area is 137 Å². The van der Waals surface area contributed by atoms with E-state index in [0.29, 0.717) is 29.3 Å². The fourth-order valence-corrected chi connectivity index (χ4v) is 2.50. The molecule has 7 nitrogen and oxygen atoms in total. The molecule has 120 valence electrons. The summed E-state index contributed by atoms with van der Waals surface area (Å²) in [5.41, 5.74) is 2.23. The van der Waals surface area contributed by atoms with E-state index in [1.54, 1.807) is 29.2 Å². The first-order valence-corrected chi connectivity index (χ1v) is 7.41. The van der Waals surface area contributed by atoms with E-state index in [-0.39, 0.29) is 12.7 Å². The summed E-state index contributed by atoms with van der Waals surface area (Å²) in [4.78, 5) is 16.4. The maximum absolute atomic E-state index is 12.4. The molecule has 1 aliphatic rings. The summed E-state index contributed by atoms with van der Waals surface area (Å²) in [5.74, 6) is 0.838. The van der Waals surface area contributed by atoms with Crippen molar-refractivity contribution in [1.82, 2.24) is 14.8 Å². The maximum Gasteiger partial charge on any atom is 0.259 e. The molecule has 24 heavy (non-hydrogen) atoms. The van der Waals surface area contributed by atoms with E-state index >= 15 is 0 Å². The van der Waals surface area contributed by atoms with Gasteiger partial charge >= 0.3 is 0 Å². The number of anilines is 1. The molecule has 0 bridgehead atoms. The van der Waals surface area contributed by atoms with Crippen molar-refractivity contribution in [3.63, 3.8) is 0 Å². The van der Waals surface area contributed by atoms with Gasteiger partial charge in [-0.05, 0) is 29.8 Å². The van der Waals surface area contributed by atoms with Crippen molar-refractivity contribution >= 4 is 11.6 Å². The second kappa shape index (κ2) is 6.04. The zero-order chi connectivity index (χ0) is 16.4. The largest absolute Gasteiger partial charge is 0.454 e. The number of para-hydroxylation sites is 1. The Morgan fingerprint density at radius 2 is 2.04 bits per heavy atom. The lowest BCUT2D eigenvalue weighted by Gasteiger charge is -2.08. The average molecular weight is 322 g/mol. The third kappa shape index (κ3) is 2.79. The predicted octanol–water partition coefficient (Wildman–Crippen LogP) is 2.31. The van der Waals surface area contributed by atoms with Crippen LogP contribution in [0.3, 0.4) is 0 Å². The van der Waals surface area contributed by atoms with E-state index in [1.165, 1.54) is 6.33 Å². The lowest BCUT2D eigenvalue weighted by molar-refractivity contribution is 0.102. The van der Waals surface area contributed by atoms with Gasteiger partial charge in [0.25, 0.3) is 5.91 Å². The molecular formula is C17H14N4O3. The summed E-state index contributed by atoms with van der Waals surface area (Å²) in [7, 11) is 0. The molecule has 0 saturated carbocycles. The Morgan fingerprint density at radius 3 is 2.83 bits per heavy atom. The predicted molar refractivity (Wildman–Crippen MR) is 86.1 cm³/mol. The lowest BCUT2D eigenvalue weighted by atomic mass is 10.1. The molecule has 0 unspecified atom stereocenters. The standard InChI is InChI=1S/C17H14N4O3/c22-17(14-2-1-3-15-16(14)24-11-23-15)20-13-6-4-12(5-7-13)8-21-10-18-9-19-21/h1-7,9-10H,8,11H2,(H,20,22). The van der Waals surface area contributed by atoms with Gasteiger partial charge in [-0.1, -0.05) is 18.2 Å². The van der Waals surface area contributed by atoms with Crippen LogP contribution in [0, 0.1) is 0 Å². The summed E-state index contributed by atoms with van der Waals surface area (Å²) >= 11 is 0. The Morgan fingerprint density at radius 1 is 1.17 bits per heavy atom. The fourth-order valence-electron chi connectivity index (χ4n) is 2.50. The highest BCUT2D eigenvalue weighted by molar-refractivity contribution is 6.06. The number of hydrogen-bond donors (Lipinski definition) is 1. The van der Waals surface area contributed by atoms with Gasteiger partial charge in [-0.3, -0.25) is 4.79 Å². The molecule has 0 atom stereocenters. The van der Waals surface area contributed by atoms with Gasteiger partial charge in [-0.15, -0.1) is 0 Å². The van der Waals surface area contributed by atoms with Crippen LogP contribution in [0.2, 0.25) is 0 Å². The van der Waals surface area contributed by atoms with Crippen LogP contribution in [0.5, 0.6) is 11.5 Å². The van der Waals surface area contributed by atoms with Gasteiger partial charge in [-0.2, -0.15) is 5.10 Å². The van der Waals surface area contributed by atoms with Crippen LogP contribution in [0.4, 0.5) is 5.69 Å². The number of carbonyl (C=O) groups excluding carboxylic acids is 1. The number of carbonyl (C=O) groups is 1.